The van der Waals surface area contributed by atoms with Crippen LogP contribution in [0, 0.1) is 5.92 Å². The Morgan fingerprint density at radius 3 is 2.83 bits per heavy atom. The van der Waals surface area contributed by atoms with Gasteiger partial charge in [-0.15, -0.1) is 0 Å². The minimum atomic E-state index is 0.727. The lowest BCUT2D eigenvalue weighted by atomic mass is 10.2. The van der Waals surface area contributed by atoms with E-state index in [0.717, 1.165) is 50.2 Å². The third-order valence-electron chi connectivity index (χ3n) is 3.21. The highest BCUT2D eigenvalue weighted by Crippen LogP contribution is 2.19. The molecule has 0 spiro atoms. The minimum absolute atomic E-state index is 0.727. The van der Waals surface area contributed by atoms with Crippen LogP contribution in [0.25, 0.3) is 0 Å². The van der Waals surface area contributed by atoms with E-state index < -0.39 is 0 Å². The summed E-state index contributed by atoms with van der Waals surface area (Å²) in [7, 11) is 1.70. The van der Waals surface area contributed by atoms with Crippen LogP contribution in [0.2, 0.25) is 0 Å². The maximum Gasteiger partial charge on any atom is 0.225 e. The van der Waals surface area contributed by atoms with Crippen molar-refractivity contribution in [2.45, 2.75) is 19.9 Å². The molecule has 2 rings (SSSR count). The fourth-order valence-corrected chi connectivity index (χ4v) is 2.13. The summed E-state index contributed by atoms with van der Waals surface area (Å²) in [6, 6.07) is 0. The van der Waals surface area contributed by atoms with Gasteiger partial charge in [0.25, 0.3) is 0 Å². The van der Waals surface area contributed by atoms with Gasteiger partial charge in [0.05, 0.1) is 6.61 Å². The van der Waals surface area contributed by atoms with Crippen LogP contribution in [-0.2, 0) is 11.3 Å². The van der Waals surface area contributed by atoms with Crippen molar-refractivity contribution in [2.75, 3.05) is 38.3 Å². The number of rotatable bonds is 6. The summed E-state index contributed by atoms with van der Waals surface area (Å²) >= 11 is 0. The van der Waals surface area contributed by atoms with Crippen molar-refractivity contribution >= 4 is 5.95 Å². The average Bonchev–Trinajstić information content (AvgIpc) is 2.82. The van der Waals surface area contributed by atoms with E-state index in [4.69, 9.17) is 4.74 Å². The van der Waals surface area contributed by atoms with Gasteiger partial charge in [0.15, 0.2) is 0 Å². The lowest BCUT2D eigenvalue weighted by Gasteiger charge is -2.15. The van der Waals surface area contributed by atoms with Crippen LogP contribution in [0.15, 0.2) is 12.4 Å². The van der Waals surface area contributed by atoms with E-state index in [1.54, 1.807) is 7.11 Å². The minimum Gasteiger partial charge on any atom is -0.383 e. The van der Waals surface area contributed by atoms with E-state index in [0.29, 0.717) is 0 Å². The summed E-state index contributed by atoms with van der Waals surface area (Å²) in [4.78, 5) is 11.1. The molecule has 18 heavy (non-hydrogen) atoms. The first-order valence-corrected chi connectivity index (χ1v) is 6.55. The topological polar surface area (TPSA) is 50.3 Å². The summed E-state index contributed by atoms with van der Waals surface area (Å²) in [6.45, 7) is 6.79. The van der Waals surface area contributed by atoms with Gasteiger partial charge < -0.3 is 15.0 Å². The Hall–Kier alpha value is -1.20. The van der Waals surface area contributed by atoms with E-state index >= 15 is 0 Å². The normalized spacial score (nSPS) is 19.4. The molecule has 1 fully saturated rings. The standard InChI is InChI=1S/C13H22N4O/c1-11-3-5-17(10-11)13-15-8-12(9-16-13)7-14-4-6-18-2/h8-9,11,14H,3-7,10H2,1-2H3. The van der Waals surface area contributed by atoms with Gasteiger partial charge in [-0.3, -0.25) is 0 Å². The molecule has 0 aromatic carbocycles. The Morgan fingerprint density at radius 1 is 1.44 bits per heavy atom. The summed E-state index contributed by atoms with van der Waals surface area (Å²) in [5.41, 5.74) is 1.11. The molecular formula is C13H22N4O. The highest BCUT2D eigenvalue weighted by Gasteiger charge is 2.20. The van der Waals surface area contributed by atoms with E-state index in [1.165, 1.54) is 6.42 Å². The highest BCUT2D eigenvalue weighted by molar-refractivity contribution is 5.31. The number of hydrogen-bond donors (Lipinski definition) is 1. The number of nitrogens with zero attached hydrogens (tertiary/aromatic N) is 3. The zero-order chi connectivity index (χ0) is 12.8. The van der Waals surface area contributed by atoms with Crippen LogP contribution >= 0.6 is 0 Å². The van der Waals surface area contributed by atoms with Crippen molar-refractivity contribution in [3.63, 3.8) is 0 Å². The molecule has 1 aromatic rings. The third-order valence-corrected chi connectivity index (χ3v) is 3.21. The van der Waals surface area contributed by atoms with Gasteiger partial charge in [0.1, 0.15) is 0 Å². The quantitative estimate of drug-likeness (QED) is 0.765. The van der Waals surface area contributed by atoms with Crippen LogP contribution in [0.5, 0.6) is 0 Å². The second-order valence-corrected chi connectivity index (χ2v) is 4.90. The molecular weight excluding hydrogens is 228 g/mol. The summed E-state index contributed by atoms with van der Waals surface area (Å²) in [5.74, 6) is 1.61. The predicted molar refractivity (Wildman–Crippen MR) is 71.6 cm³/mol. The molecule has 100 valence electrons. The van der Waals surface area contributed by atoms with Crippen LogP contribution in [0.3, 0.4) is 0 Å². The van der Waals surface area contributed by atoms with Crippen LogP contribution in [0.1, 0.15) is 18.9 Å². The molecule has 0 radical (unpaired) electrons. The molecule has 1 aliphatic rings. The Balaban J connectivity index is 1.82. The molecule has 5 nitrogen and oxygen atoms in total. The van der Waals surface area contributed by atoms with Crippen molar-refractivity contribution in [1.82, 2.24) is 15.3 Å². The zero-order valence-corrected chi connectivity index (χ0v) is 11.2. The van der Waals surface area contributed by atoms with Gasteiger partial charge in [-0.05, 0) is 12.3 Å². The van der Waals surface area contributed by atoms with E-state index in [-0.39, 0.29) is 0 Å². The maximum atomic E-state index is 4.98. The molecule has 1 aromatic heterocycles. The Bertz CT molecular complexity index is 355. The molecule has 1 atom stereocenters. The SMILES string of the molecule is COCCNCc1cnc(N2CCC(C)C2)nc1. The Kier molecular flexibility index (Phi) is 4.90. The Labute approximate surface area is 109 Å². The van der Waals surface area contributed by atoms with Crippen LogP contribution in [-0.4, -0.2) is 43.3 Å². The fourth-order valence-electron chi connectivity index (χ4n) is 2.13. The van der Waals surface area contributed by atoms with E-state index in [2.05, 4.69) is 27.1 Å². The number of nitrogens with one attached hydrogen (secondary N) is 1. The van der Waals surface area contributed by atoms with E-state index in [9.17, 15) is 0 Å². The van der Waals surface area contributed by atoms with Crippen molar-refractivity contribution in [2.24, 2.45) is 5.92 Å². The Morgan fingerprint density at radius 2 is 2.22 bits per heavy atom. The molecule has 1 aliphatic heterocycles. The molecule has 1 N–H and O–H groups in total. The van der Waals surface area contributed by atoms with Gasteiger partial charge in [0.2, 0.25) is 5.95 Å². The molecule has 5 heteroatoms. The first kappa shape index (κ1) is 13.2. The number of ether oxygens (including phenoxy) is 1. The van der Waals surface area contributed by atoms with Crippen molar-refractivity contribution in [3.8, 4) is 0 Å². The van der Waals surface area contributed by atoms with Gasteiger partial charge >= 0.3 is 0 Å². The van der Waals surface area contributed by atoms with Gasteiger partial charge in [-0.2, -0.15) is 0 Å². The maximum absolute atomic E-state index is 4.98. The largest absolute Gasteiger partial charge is 0.383 e. The third kappa shape index (κ3) is 3.65. The van der Waals surface area contributed by atoms with Gasteiger partial charge in [-0.25, -0.2) is 9.97 Å². The molecule has 0 amide bonds. The van der Waals surface area contributed by atoms with Crippen molar-refractivity contribution in [3.05, 3.63) is 18.0 Å². The summed E-state index contributed by atoms with van der Waals surface area (Å²) in [5, 5.41) is 3.28. The molecule has 1 unspecified atom stereocenters. The number of methoxy groups -OCH3 is 1. The van der Waals surface area contributed by atoms with Crippen LogP contribution in [0.4, 0.5) is 5.95 Å². The lowest BCUT2D eigenvalue weighted by molar-refractivity contribution is 0.199. The number of anilines is 1. The highest BCUT2D eigenvalue weighted by atomic mass is 16.5. The van der Waals surface area contributed by atoms with Crippen LogP contribution < -0.4 is 10.2 Å². The monoisotopic (exact) mass is 250 g/mol. The zero-order valence-electron chi connectivity index (χ0n) is 11.2. The molecule has 0 aliphatic carbocycles. The molecule has 2 heterocycles. The molecule has 0 saturated carbocycles. The van der Waals surface area contributed by atoms with Crippen molar-refractivity contribution < 1.29 is 4.74 Å². The average molecular weight is 250 g/mol. The predicted octanol–water partition coefficient (Wildman–Crippen LogP) is 1.06. The van der Waals surface area contributed by atoms with Gasteiger partial charge in [-0.1, -0.05) is 6.92 Å². The fraction of sp³-hybridized carbons (Fsp3) is 0.692. The van der Waals surface area contributed by atoms with E-state index in [1.807, 2.05) is 12.4 Å². The first-order chi connectivity index (χ1) is 8.79. The number of aromatic nitrogens is 2. The smallest absolute Gasteiger partial charge is 0.225 e. The summed E-state index contributed by atoms with van der Waals surface area (Å²) < 4.78 is 4.98. The number of hydrogen-bond acceptors (Lipinski definition) is 5. The lowest BCUT2D eigenvalue weighted by Crippen LogP contribution is -2.22. The molecule has 1 saturated heterocycles. The first-order valence-electron chi connectivity index (χ1n) is 6.55. The summed E-state index contributed by atoms with van der Waals surface area (Å²) in [6.07, 6.45) is 5.06. The molecule has 0 bridgehead atoms. The van der Waals surface area contributed by atoms with Crippen molar-refractivity contribution in [1.29, 1.82) is 0 Å². The second kappa shape index (κ2) is 6.66. The second-order valence-electron chi connectivity index (χ2n) is 4.90. The van der Waals surface area contributed by atoms with Gasteiger partial charge in [0, 0.05) is 51.2 Å².